The zero-order valence-electron chi connectivity index (χ0n) is 13.9. The molecule has 0 atom stereocenters. The van der Waals surface area contributed by atoms with Crippen molar-refractivity contribution in [3.05, 3.63) is 46.5 Å². The van der Waals surface area contributed by atoms with Crippen LogP contribution >= 0.6 is 11.6 Å². The van der Waals surface area contributed by atoms with Crippen molar-refractivity contribution >= 4 is 34.5 Å². The summed E-state index contributed by atoms with van der Waals surface area (Å²) < 4.78 is 2.16. The highest BCUT2D eigenvalue weighted by atomic mass is 35.5. The summed E-state index contributed by atoms with van der Waals surface area (Å²) in [6, 6.07) is 5.14. The number of aromatic nitrogens is 4. The van der Waals surface area contributed by atoms with Crippen molar-refractivity contribution in [3.8, 4) is 0 Å². The van der Waals surface area contributed by atoms with Crippen LogP contribution in [0.4, 0.5) is 5.82 Å². The van der Waals surface area contributed by atoms with Crippen molar-refractivity contribution in [2.75, 3.05) is 5.32 Å². The molecule has 0 aromatic carbocycles. The van der Waals surface area contributed by atoms with Gasteiger partial charge in [0.05, 0.1) is 10.6 Å². The molecule has 1 aliphatic rings. The lowest BCUT2D eigenvalue weighted by molar-refractivity contribution is 0.102. The highest BCUT2D eigenvalue weighted by Crippen LogP contribution is 2.24. The monoisotopic (exact) mass is 355 g/mol. The van der Waals surface area contributed by atoms with E-state index >= 15 is 0 Å². The summed E-state index contributed by atoms with van der Waals surface area (Å²) in [7, 11) is 0. The number of carbonyl (C=O) groups is 1. The number of nitrogens with zero attached hydrogens (tertiary/aromatic N) is 4. The Hall–Kier alpha value is -2.47. The summed E-state index contributed by atoms with van der Waals surface area (Å²) in [5, 5.41) is 3.34. The Labute approximate surface area is 150 Å². The van der Waals surface area contributed by atoms with Crippen LogP contribution in [0.1, 0.15) is 41.1 Å². The lowest BCUT2D eigenvalue weighted by Crippen LogP contribution is -2.14. The fourth-order valence-electron chi connectivity index (χ4n) is 3.22. The molecule has 3 aromatic heterocycles. The number of rotatable bonds is 2. The van der Waals surface area contributed by atoms with Gasteiger partial charge in [-0.05, 0) is 38.0 Å². The normalized spacial score (nSPS) is 14.2. The molecule has 0 saturated heterocycles. The number of anilines is 1. The first-order chi connectivity index (χ1) is 12.1. The Morgan fingerprint density at radius 2 is 2.12 bits per heavy atom. The lowest BCUT2D eigenvalue weighted by atomic mass is 10.2. The van der Waals surface area contributed by atoms with Crippen LogP contribution in [0, 0.1) is 6.92 Å². The molecule has 0 spiro atoms. The number of fused-ring (bicyclic) bond motifs is 3. The number of carbonyl (C=O) groups excluding carboxylic acids is 1. The van der Waals surface area contributed by atoms with Gasteiger partial charge in [-0.1, -0.05) is 18.0 Å². The number of imidazole rings is 1. The maximum atomic E-state index is 12.8. The summed E-state index contributed by atoms with van der Waals surface area (Å²) in [4.78, 5) is 26.3. The second kappa shape index (κ2) is 6.44. The molecule has 0 radical (unpaired) electrons. The van der Waals surface area contributed by atoms with Gasteiger partial charge in [-0.3, -0.25) is 4.79 Å². The smallest absolute Gasteiger partial charge is 0.259 e. The fourth-order valence-corrected chi connectivity index (χ4v) is 3.33. The number of aryl methyl sites for hydroxylation is 3. The highest BCUT2D eigenvalue weighted by Gasteiger charge is 2.21. The Morgan fingerprint density at radius 1 is 1.24 bits per heavy atom. The predicted molar refractivity (Wildman–Crippen MR) is 97.0 cm³/mol. The third kappa shape index (κ3) is 3.09. The number of halogens is 1. The zero-order chi connectivity index (χ0) is 17.4. The van der Waals surface area contributed by atoms with Gasteiger partial charge in [-0.25, -0.2) is 15.0 Å². The molecule has 128 valence electrons. The molecule has 3 aromatic rings. The minimum Gasteiger partial charge on any atom is -0.313 e. The number of nitrogens with one attached hydrogen (secondary N) is 1. The topological polar surface area (TPSA) is 72.7 Å². The van der Waals surface area contributed by atoms with Crippen LogP contribution in [0.25, 0.3) is 11.2 Å². The van der Waals surface area contributed by atoms with Gasteiger partial charge in [0, 0.05) is 24.9 Å². The van der Waals surface area contributed by atoms with Crippen LogP contribution < -0.4 is 5.32 Å². The number of amides is 1. The van der Waals surface area contributed by atoms with Crippen molar-refractivity contribution in [2.45, 2.75) is 39.2 Å². The van der Waals surface area contributed by atoms with Crippen LogP contribution in [0.15, 0.2) is 24.4 Å². The molecule has 0 bridgehead atoms. The van der Waals surface area contributed by atoms with E-state index in [0.29, 0.717) is 21.9 Å². The van der Waals surface area contributed by atoms with Gasteiger partial charge >= 0.3 is 0 Å². The maximum Gasteiger partial charge on any atom is 0.259 e. The SMILES string of the molecule is Cc1cc(C(=O)Nc2ccc(Cl)cn2)c2nc3n(c2n1)CCCCC3. The van der Waals surface area contributed by atoms with E-state index < -0.39 is 0 Å². The Morgan fingerprint density at radius 3 is 2.92 bits per heavy atom. The minimum absolute atomic E-state index is 0.237. The second-order valence-electron chi connectivity index (χ2n) is 6.29. The Balaban J connectivity index is 1.76. The largest absolute Gasteiger partial charge is 0.313 e. The second-order valence-corrected chi connectivity index (χ2v) is 6.73. The molecule has 4 rings (SSSR count). The maximum absolute atomic E-state index is 12.8. The lowest BCUT2D eigenvalue weighted by Gasteiger charge is -2.07. The van der Waals surface area contributed by atoms with E-state index in [1.807, 2.05) is 6.92 Å². The molecule has 7 heteroatoms. The van der Waals surface area contributed by atoms with Crippen LogP contribution in [0.2, 0.25) is 5.02 Å². The van der Waals surface area contributed by atoms with Crippen molar-refractivity contribution < 1.29 is 4.79 Å². The van der Waals surface area contributed by atoms with E-state index in [-0.39, 0.29) is 5.91 Å². The molecule has 4 heterocycles. The molecule has 0 saturated carbocycles. The first-order valence-electron chi connectivity index (χ1n) is 8.41. The predicted octanol–water partition coefficient (Wildman–Crippen LogP) is 3.77. The number of hydrogen-bond donors (Lipinski definition) is 1. The van der Waals surface area contributed by atoms with E-state index in [9.17, 15) is 4.79 Å². The van der Waals surface area contributed by atoms with E-state index in [1.165, 1.54) is 12.6 Å². The van der Waals surface area contributed by atoms with Gasteiger partial charge in [0.15, 0.2) is 5.65 Å². The Bertz CT molecular complexity index is 948. The summed E-state index contributed by atoms with van der Waals surface area (Å²) in [6.07, 6.45) is 5.87. The van der Waals surface area contributed by atoms with Crippen molar-refractivity contribution in [1.82, 2.24) is 19.5 Å². The van der Waals surface area contributed by atoms with Crippen LogP contribution in [0.5, 0.6) is 0 Å². The summed E-state index contributed by atoms with van der Waals surface area (Å²) >= 11 is 5.84. The molecule has 0 aliphatic carbocycles. The molecule has 1 aliphatic heterocycles. The average molecular weight is 356 g/mol. The summed E-state index contributed by atoms with van der Waals surface area (Å²) in [5.74, 6) is 1.24. The van der Waals surface area contributed by atoms with E-state index in [1.54, 1.807) is 18.2 Å². The van der Waals surface area contributed by atoms with E-state index in [4.69, 9.17) is 16.6 Å². The highest BCUT2D eigenvalue weighted by molar-refractivity contribution is 6.30. The van der Waals surface area contributed by atoms with Gasteiger partial charge in [-0.15, -0.1) is 0 Å². The number of hydrogen-bond acceptors (Lipinski definition) is 4. The molecule has 1 amide bonds. The first kappa shape index (κ1) is 16.0. The van der Waals surface area contributed by atoms with Crippen LogP contribution in [-0.2, 0) is 13.0 Å². The van der Waals surface area contributed by atoms with Gasteiger partial charge < -0.3 is 9.88 Å². The number of pyridine rings is 2. The molecule has 25 heavy (non-hydrogen) atoms. The molecule has 1 N–H and O–H groups in total. The molecule has 0 unspecified atom stereocenters. The van der Waals surface area contributed by atoms with Gasteiger partial charge in [0.25, 0.3) is 5.91 Å². The molecule has 6 nitrogen and oxygen atoms in total. The van der Waals surface area contributed by atoms with Crippen LogP contribution in [-0.4, -0.2) is 25.4 Å². The molecule has 0 fully saturated rings. The van der Waals surface area contributed by atoms with Gasteiger partial charge in [-0.2, -0.15) is 0 Å². The fraction of sp³-hybridized carbons (Fsp3) is 0.333. The van der Waals surface area contributed by atoms with Gasteiger partial charge in [0.1, 0.15) is 17.2 Å². The molecular weight excluding hydrogens is 338 g/mol. The van der Waals surface area contributed by atoms with E-state index in [0.717, 1.165) is 43.0 Å². The van der Waals surface area contributed by atoms with Crippen molar-refractivity contribution in [2.24, 2.45) is 0 Å². The third-order valence-corrected chi connectivity index (χ3v) is 4.63. The van der Waals surface area contributed by atoms with E-state index in [2.05, 4.69) is 19.9 Å². The summed E-state index contributed by atoms with van der Waals surface area (Å²) in [5.41, 5.74) is 2.79. The standard InChI is InChI=1S/C18H18ClN5O/c1-11-9-13(18(25)22-14-7-6-12(19)10-20-14)16-17(21-11)24-8-4-2-3-5-15(24)23-16/h6-7,9-10H,2-5,8H2,1H3,(H,20,22,25). The third-order valence-electron chi connectivity index (χ3n) is 4.41. The quantitative estimate of drug-likeness (QED) is 0.759. The van der Waals surface area contributed by atoms with Gasteiger partial charge in [0.2, 0.25) is 0 Å². The molecular formula is C18H18ClN5O. The van der Waals surface area contributed by atoms with Crippen molar-refractivity contribution in [3.63, 3.8) is 0 Å². The zero-order valence-corrected chi connectivity index (χ0v) is 14.7. The first-order valence-corrected chi connectivity index (χ1v) is 8.79. The minimum atomic E-state index is -0.237. The van der Waals surface area contributed by atoms with Crippen LogP contribution in [0.3, 0.4) is 0 Å². The average Bonchev–Trinajstić information content (AvgIpc) is 2.78. The van der Waals surface area contributed by atoms with Crippen molar-refractivity contribution in [1.29, 1.82) is 0 Å². The Kier molecular flexibility index (Phi) is 4.13. The summed E-state index contributed by atoms with van der Waals surface area (Å²) in [6.45, 7) is 2.80.